The molecule has 13 unspecified atom stereocenters. The minimum atomic E-state index is -0.903. The molecule has 7 N–H and O–H groups in total. The highest BCUT2D eigenvalue weighted by molar-refractivity contribution is 5.84. The van der Waals surface area contributed by atoms with Crippen LogP contribution < -0.4 is 30.0 Å². The molecule has 9 bridgehead atoms. The second kappa shape index (κ2) is 21.3. The number of nitrogens with zero attached hydrogens (tertiary/aromatic N) is 1. The summed E-state index contributed by atoms with van der Waals surface area (Å²) in [5.74, 6) is 7.34. The summed E-state index contributed by atoms with van der Waals surface area (Å²) in [7, 11) is 1.71. The van der Waals surface area contributed by atoms with Gasteiger partial charge in [-0.2, -0.15) is 0 Å². The number of carbonyl (C=O) groups excluding carboxylic acids is 1. The number of rotatable bonds is 7. The van der Waals surface area contributed by atoms with Crippen molar-refractivity contribution >= 4 is 12.2 Å². The smallest absolute Gasteiger partial charge is 0.188 e. The fraction of sp³-hybridized carbons (Fsp3) is 0.600. The Balaban J connectivity index is 1.09. The maximum atomic E-state index is 12.4. The first-order chi connectivity index (χ1) is 34.9. The van der Waals surface area contributed by atoms with Crippen LogP contribution in [-0.2, 0) is 24.1 Å². The number of aldehydes is 1. The molecule has 13 atom stereocenters. The van der Waals surface area contributed by atoms with Gasteiger partial charge in [0, 0.05) is 68.0 Å². The molecule has 13 rings (SSSR count). The summed E-state index contributed by atoms with van der Waals surface area (Å²) in [6, 6.07) is 11.8. The molecule has 0 radical (unpaired) electrons. The number of methoxy groups -OCH3 is 1. The summed E-state index contributed by atoms with van der Waals surface area (Å²) in [4.78, 5) is 17.1. The zero-order valence-electron chi connectivity index (χ0n) is 42.8. The second-order valence-corrected chi connectivity index (χ2v) is 23.0. The van der Waals surface area contributed by atoms with Crippen LogP contribution in [0, 0.1) is 64.8 Å². The normalized spacial score (nSPS) is 32.9. The third-order valence-electron chi connectivity index (χ3n) is 18.3. The Morgan fingerprint density at radius 2 is 1.85 bits per heavy atom. The Morgan fingerprint density at radius 1 is 1.00 bits per heavy atom. The number of hydrogen-bond donors (Lipinski definition) is 6. The molecule has 0 amide bonds. The number of nitrogens with one attached hydrogen (secondary N) is 1. The van der Waals surface area contributed by atoms with Crippen LogP contribution in [0.25, 0.3) is 11.1 Å². The number of guanidine groups is 1. The Kier molecular flexibility index (Phi) is 14.9. The van der Waals surface area contributed by atoms with Crippen LogP contribution in [-0.4, -0.2) is 77.8 Å². The molecule has 1 spiro atoms. The fourth-order valence-electron chi connectivity index (χ4n) is 14.7. The van der Waals surface area contributed by atoms with E-state index in [1.54, 1.807) is 7.11 Å². The summed E-state index contributed by atoms with van der Waals surface area (Å²) >= 11 is 0. The number of aliphatic hydroxyl groups excluding tert-OH is 3. The predicted molar refractivity (Wildman–Crippen MR) is 278 cm³/mol. The van der Waals surface area contributed by atoms with Crippen LogP contribution in [0.3, 0.4) is 0 Å². The third kappa shape index (κ3) is 9.82. The van der Waals surface area contributed by atoms with Gasteiger partial charge >= 0.3 is 0 Å². The molecule has 2 fully saturated rings. The molecule has 6 heterocycles. The highest BCUT2D eigenvalue weighted by Crippen LogP contribution is 2.57. The number of benzene rings is 3. The summed E-state index contributed by atoms with van der Waals surface area (Å²) in [5, 5.41) is 50.3. The van der Waals surface area contributed by atoms with Gasteiger partial charge in [-0.3, -0.25) is 4.99 Å². The Bertz CT molecular complexity index is 2600. The standard InChI is InChI=1S/C60H77N3O9/c1-5-35-23-38-12-11-37(35)24-44(66)31-60(18-6-9-43(60)17-20-64)33-63-59(61)62-19-16-45-40(32-65)13-10-36-8-7-21-70-51-15-14-39(28-53(51)72-57(36)45)58-50(68)29-48-52(71-58)30-54(69-4)56-47-26-42(22-34(2)3)49(67)27-41(47)25-46(38)55(48)56/h11-12,14-15,20,26-28,30,34-38,40,43-46,50,57-58,65-68H,5-6,8-10,13,16-19,22-25,29,31-33H2,1-4H3,(H3,61,62,63). The molecular formula is C60H77N3O9. The first-order valence-electron chi connectivity index (χ1n) is 27.2. The molecule has 10 aliphatic rings. The molecule has 12 nitrogen and oxygen atoms in total. The van der Waals surface area contributed by atoms with Crippen molar-refractivity contribution in [2.24, 2.45) is 63.5 Å². The van der Waals surface area contributed by atoms with Gasteiger partial charge in [0.25, 0.3) is 0 Å². The summed E-state index contributed by atoms with van der Waals surface area (Å²) < 4.78 is 26.6. The predicted octanol–water partition coefficient (Wildman–Crippen LogP) is 9.11. The van der Waals surface area contributed by atoms with Gasteiger partial charge in [-0.15, -0.1) is 0 Å². The lowest BCUT2D eigenvalue weighted by atomic mass is 9.64. The number of aliphatic hydroxyl groups is 3. The van der Waals surface area contributed by atoms with Gasteiger partial charge in [-0.1, -0.05) is 57.8 Å². The maximum Gasteiger partial charge on any atom is 0.188 e. The van der Waals surface area contributed by atoms with E-state index in [-0.39, 0.29) is 59.6 Å². The Hall–Kier alpha value is -5.22. The van der Waals surface area contributed by atoms with Crippen molar-refractivity contribution in [3.05, 3.63) is 76.4 Å². The number of hydrogen-bond acceptors (Lipinski definition) is 12. The molecule has 72 heavy (non-hydrogen) atoms. The van der Waals surface area contributed by atoms with Crippen LogP contribution in [0.2, 0.25) is 0 Å². The molecule has 3 aromatic rings. The average molecular weight is 984 g/mol. The van der Waals surface area contributed by atoms with Crippen LogP contribution in [0.1, 0.15) is 138 Å². The lowest BCUT2D eigenvalue weighted by molar-refractivity contribution is -0.109. The van der Waals surface area contributed by atoms with Crippen molar-refractivity contribution in [1.82, 2.24) is 5.32 Å². The zero-order chi connectivity index (χ0) is 50.3. The van der Waals surface area contributed by atoms with Crippen molar-refractivity contribution < 1.29 is 44.2 Å². The summed E-state index contributed by atoms with van der Waals surface area (Å²) in [6.45, 7) is 7.55. The number of nitrogens with two attached hydrogens (primary N) is 1. The van der Waals surface area contributed by atoms with E-state index in [9.17, 15) is 25.2 Å². The molecule has 2 saturated carbocycles. The van der Waals surface area contributed by atoms with Gasteiger partial charge in [0.1, 0.15) is 41.8 Å². The van der Waals surface area contributed by atoms with E-state index in [0.29, 0.717) is 105 Å². The van der Waals surface area contributed by atoms with Gasteiger partial charge in [0.15, 0.2) is 17.5 Å². The van der Waals surface area contributed by atoms with E-state index in [4.69, 9.17) is 29.7 Å². The number of allylic oxidation sites excluding steroid dienone is 2. The summed E-state index contributed by atoms with van der Waals surface area (Å²) in [6.07, 6.45) is 17.1. The molecule has 12 heteroatoms. The maximum absolute atomic E-state index is 12.4. The third-order valence-corrected chi connectivity index (χ3v) is 18.3. The highest BCUT2D eigenvalue weighted by Gasteiger charge is 2.47. The number of aromatic hydroxyl groups is 1. The first kappa shape index (κ1) is 50.3. The Labute approximate surface area is 426 Å². The van der Waals surface area contributed by atoms with Crippen LogP contribution in [0.15, 0.2) is 53.5 Å². The van der Waals surface area contributed by atoms with Crippen molar-refractivity contribution in [3.8, 4) is 51.9 Å². The van der Waals surface area contributed by atoms with Crippen molar-refractivity contribution in [3.63, 3.8) is 0 Å². The molecule has 386 valence electrons. The molecular weight excluding hydrogens is 907 g/mol. The number of carbonyl (C=O) groups is 1. The molecule has 4 aliphatic carbocycles. The average Bonchev–Trinajstić information content (AvgIpc) is 3.79. The van der Waals surface area contributed by atoms with E-state index < -0.39 is 18.3 Å². The van der Waals surface area contributed by atoms with Crippen molar-refractivity contribution in [1.29, 1.82) is 0 Å². The lowest BCUT2D eigenvalue weighted by Crippen LogP contribution is -2.46. The van der Waals surface area contributed by atoms with E-state index in [1.165, 1.54) is 0 Å². The van der Waals surface area contributed by atoms with Gasteiger partial charge in [0.05, 0.1) is 19.3 Å². The van der Waals surface area contributed by atoms with Crippen molar-refractivity contribution in [2.45, 2.75) is 147 Å². The molecule has 3 aromatic carbocycles. The number of phenols is 1. The largest absolute Gasteiger partial charge is 0.508 e. The van der Waals surface area contributed by atoms with E-state index >= 15 is 0 Å². The number of fused-ring (bicyclic) bond motifs is 2. The molecule has 0 aromatic heterocycles. The minimum absolute atomic E-state index is 0.00624. The number of aliphatic imine (C=N–C) groups is 1. The van der Waals surface area contributed by atoms with Gasteiger partial charge in [-0.05, 0) is 163 Å². The summed E-state index contributed by atoms with van der Waals surface area (Å²) in [5.41, 5.74) is 13.2. The monoisotopic (exact) mass is 984 g/mol. The SMILES string of the molecule is CCC1CC2C=CC1CC(O)CC1(CCCC1CC=O)CN=C(N)NCCC1C(CO)CCC3CC#COc4ccc(cc4OC31)C1Oc3cc(OC)c4c(c3CC1O)C2Cc1cc(O)c(CC(C)C)cc1-4. The van der Waals surface area contributed by atoms with E-state index in [1.807, 2.05) is 30.3 Å². The Morgan fingerprint density at radius 3 is 2.64 bits per heavy atom. The van der Waals surface area contributed by atoms with Crippen molar-refractivity contribution in [2.75, 3.05) is 26.8 Å². The minimum Gasteiger partial charge on any atom is -0.508 e. The topological polar surface area (TPSA) is 185 Å². The second-order valence-electron chi connectivity index (χ2n) is 23.0. The van der Waals surface area contributed by atoms with Crippen LogP contribution in [0.5, 0.6) is 28.7 Å². The fourth-order valence-corrected chi connectivity index (χ4v) is 14.7. The first-order valence-corrected chi connectivity index (χ1v) is 27.2. The van der Waals surface area contributed by atoms with Gasteiger partial charge in [0.2, 0.25) is 0 Å². The number of ether oxygens (including phenoxy) is 4. The van der Waals surface area contributed by atoms with E-state index in [0.717, 1.165) is 96.6 Å². The van der Waals surface area contributed by atoms with Crippen LogP contribution >= 0.6 is 0 Å². The molecule has 6 aliphatic heterocycles. The van der Waals surface area contributed by atoms with Gasteiger partial charge in [-0.25, -0.2) is 0 Å². The number of phenolic OH excluding ortho intramolecular Hbond substituents is 1. The van der Waals surface area contributed by atoms with Gasteiger partial charge < -0.3 is 55.2 Å². The molecule has 0 saturated heterocycles. The highest BCUT2D eigenvalue weighted by atomic mass is 16.5. The zero-order valence-corrected chi connectivity index (χ0v) is 42.8. The lowest BCUT2D eigenvalue weighted by Gasteiger charge is -2.43. The van der Waals surface area contributed by atoms with E-state index in [2.05, 4.69) is 56.3 Å². The van der Waals surface area contributed by atoms with Crippen LogP contribution in [0.4, 0.5) is 0 Å². The quantitative estimate of drug-likeness (QED) is 0.0754.